The highest BCUT2D eigenvalue weighted by Gasteiger charge is 2.33. The lowest BCUT2D eigenvalue weighted by Gasteiger charge is -2.16. The van der Waals surface area contributed by atoms with Gasteiger partial charge in [0.25, 0.3) is 0 Å². The van der Waals surface area contributed by atoms with Gasteiger partial charge in [-0.2, -0.15) is 13.2 Å². The average Bonchev–Trinajstić information content (AvgIpc) is 3.20. The number of halogens is 3. The van der Waals surface area contributed by atoms with Crippen molar-refractivity contribution in [3.05, 3.63) is 47.4 Å². The van der Waals surface area contributed by atoms with Crippen LogP contribution >= 0.6 is 0 Å². The number of pyridine rings is 1. The molecular weight excluding hydrogens is 369 g/mol. The molecule has 1 aromatic carbocycles. The molecular formula is C20H19F3N4O. The first kappa shape index (κ1) is 18.5. The molecule has 28 heavy (non-hydrogen) atoms. The molecule has 0 spiro atoms. The van der Waals surface area contributed by atoms with E-state index in [0.717, 1.165) is 30.2 Å². The summed E-state index contributed by atoms with van der Waals surface area (Å²) < 4.78 is 41.4. The van der Waals surface area contributed by atoms with Crippen LogP contribution in [0.3, 0.4) is 0 Å². The standard InChI is InChI=1S/C20H19F3N4O/c1-3-11(4-2)18-25-15-7-8-16(20(21,22)23)26-19(15)27(18)13-5-6-14-12(9-13)10-17(28)24-14/h5-9,11H,3-4,10H2,1-2H3,(H,24,28). The summed E-state index contributed by atoms with van der Waals surface area (Å²) in [5.41, 5.74) is 1.85. The molecule has 0 fully saturated rings. The van der Waals surface area contributed by atoms with Crippen LogP contribution in [0, 0.1) is 0 Å². The van der Waals surface area contributed by atoms with Crippen molar-refractivity contribution >= 4 is 22.8 Å². The minimum atomic E-state index is -4.54. The van der Waals surface area contributed by atoms with E-state index in [2.05, 4.69) is 15.3 Å². The van der Waals surface area contributed by atoms with Gasteiger partial charge < -0.3 is 5.32 Å². The maximum atomic E-state index is 13.2. The van der Waals surface area contributed by atoms with Crippen molar-refractivity contribution in [2.45, 2.75) is 45.2 Å². The van der Waals surface area contributed by atoms with Crippen molar-refractivity contribution in [3.63, 3.8) is 0 Å². The number of anilines is 1. The van der Waals surface area contributed by atoms with E-state index in [1.54, 1.807) is 16.7 Å². The molecule has 0 unspecified atom stereocenters. The first-order valence-corrected chi connectivity index (χ1v) is 9.21. The van der Waals surface area contributed by atoms with E-state index < -0.39 is 11.9 Å². The highest BCUT2D eigenvalue weighted by molar-refractivity contribution is 5.99. The fourth-order valence-electron chi connectivity index (χ4n) is 3.67. The van der Waals surface area contributed by atoms with Crippen LogP contribution in [-0.4, -0.2) is 20.4 Å². The van der Waals surface area contributed by atoms with Gasteiger partial charge in [0.15, 0.2) is 5.65 Å². The summed E-state index contributed by atoms with van der Waals surface area (Å²) in [6.45, 7) is 4.05. The van der Waals surface area contributed by atoms with Crippen LogP contribution in [0.1, 0.15) is 49.7 Å². The van der Waals surface area contributed by atoms with E-state index in [-0.39, 0.29) is 23.9 Å². The van der Waals surface area contributed by atoms with Gasteiger partial charge in [0.1, 0.15) is 17.0 Å². The number of nitrogens with zero attached hydrogens (tertiary/aromatic N) is 3. The number of amides is 1. The summed E-state index contributed by atoms with van der Waals surface area (Å²) >= 11 is 0. The number of carbonyl (C=O) groups excluding carboxylic acids is 1. The SMILES string of the molecule is CCC(CC)c1nc2ccc(C(F)(F)F)nc2n1-c1ccc2c(c1)CC(=O)N2. The molecule has 1 N–H and O–H groups in total. The summed E-state index contributed by atoms with van der Waals surface area (Å²) in [6, 6.07) is 7.70. The maximum absolute atomic E-state index is 13.2. The molecule has 5 nitrogen and oxygen atoms in total. The molecule has 3 aromatic rings. The molecule has 8 heteroatoms. The number of hydrogen-bond donors (Lipinski definition) is 1. The monoisotopic (exact) mass is 388 g/mol. The second-order valence-corrected chi connectivity index (χ2v) is 6.92. The van der Waals surface area contributed by atoms with Crippen molar-refractivity contribution in [1.29, 1.82) is 0 Å². The Morgan fingerprint density at radius 2 is 1.89 bits per heavy atom. The third-order valence-corrected chi connectivity index (χ3v) is 5.14. The third-order valence-electron chi connectivity index (χ3n) is 5.14. The Morgan fingerprint density at radius 3 is 2.57 bits per heavy atom. The third kappa shape index (κ3) is 3.02. The number of aromatic nitrogens is 3. The van der Waals surface area contributed by atoms with Gasteiger partial charge in [-0.3, -0.25) is 9.36 Å². The predicted molar refractivity (Wildman–Crippen MR) is 99.5 cm³/mol. The van der Waals surface area contributed by atoms with Crippen LogP contribution in [0.5, 0.6) is 0 Å². The van der Waals surface area contributed by atoms with Crippen molar-refractivity contribution in [1.82, 2.24) is 14.5 Å². The van der Waals surface area contributed by atoms with E-state index in [1.165, 1.54) is 6.07 Å². The average molecular weight is 388 g/mol. The van der Waals surface area contributed by atoms with Gasteiger partial charge in [-0.15, -0.1) is 0 Å². The number of alkyl halides is 3. The predicted octanol–water partition coefficient (Wildman–Crippen LogP) is 4.84. The Hall–Kier alpha value is -2.90. The van der Waals surface area contributed by atoms with Gasteiger partial charge in [-0.25, -0.2) is 9.97 Å². The molecule has 1 aliphatic heterocycles. The number of carbonyl (C=O) groups is 1. The number of nitrogens with one attached hydrogen (secondary N) is 1. The molecule has 0 atom stereocenters. The lowest BCUT2D eigenvalue weighted by atomic mass is 10.0. The van der Waals surface area contributed by atoms with Crippen molar-refractivity contribution in [2.24, 2.45) is 0 Å². The van der Waals surface area contributed by atoms with Gasteiger partial charge in [-0.1, -0.05) is 13.8 Å². The first-order valence-electron chi connectivity index (χ1n) is 9.21. The fraction of sp³-hybridized carbons (Fsp3) is 0.350. The smallest absolute Gasteiger partial charge is 0.326 e. The van der Waals surface area contributed by atoms with Gasteiger partial charge in [0.05, 0.1) is 6.42 Å². The Morgan fingerprint density at radius 1 is 1.14 bits per heavy atom. The number of hydrogen-bond acceptors (Lipinski definition) is 3. The van der Waals surface area contributed by atoms with Crippen LogP contribution in [0.4, 0.5) is 18.9 Å². The van der Waals surface area contributed by atoms with Gasteiger partial charge in [0, 0.05) is 17.3 Å². The lowest BCUT2D eigenvalue weighted by Crippen LogP contribution is -2.10. The molecule has 1 aliphatic rings. The molecule has 0 saturated carbocycles. The van der Waals surface area contributed by atoms with Gasteiger partial charge in [-0.05, 0) is 48.7 Å². The van der Waals surface area contributed by atoms with E-state index in [1.807, 2.05) is 19.9 Å². The topological polar surface area (TPSA) is 59.8 Å². The van der Waals surface area contributed by atoms with E-state index in [4.69, 9.17) is 0 Å². The summed E-state index contributed by atoms with van der Waals surface area (Å²) in [6.07, 6.45) is -2.68. The zero-order chi connectivity index (χ0) is 20.1. The Kier molecular flexibility index (Phi) is 4.36. The summed E-state index contributed by atoms with van der Waals surface area (Å²) in [5, 5.41) is 2.77. The zero-order valence-corrected chi connectivity index (χ0v) is 15.5. The highest BCUT2D eigenvalue weighted by Crippen LogP contribution is 2.34. The van der Waals surface area contributed by atoms with Crippen LogP contribution in [0.25, 0.3) is 16.9 Å². The Balaban J connectivity index is 1.97. The highest BCUT2D eigenvalue weighted by atomic mass is 19.4. The molecule has 146 valence electrons. The van der Waals surface area contributed by atoms with E-state index in [9.17, 15) is 18.0 Å². The Bertz CT molecular complexity index is 1070. The van der Waals surface area contributed by atoms with Crippen molar-refractivity contribution in [2.75, 3.05) is 5.32 Å². The number of fused-ring (bicyclic) bond motifs is 2. The van der Waals surface area contributed by atoms with Crippen LogP contribution in [-0.2, 0) is 17.4 Å². The molecule has 4 rings (SSSR count). The molecule has 0 saturated heterocycles. The van der Waals surface area contributed by atoms with Crippen molar-refractivity contribution < 1.29 is 18.0 Å². The van der Waals surface area contributed by atoms with E-state index in [0.29, 0.717) is 17.0 Å². The van der Waals surface area contributed by atoms with Crippen LogP contribution in [0.2, 0.25) is 0 Å². The molecule has 0 bridgehead atoms. The lowest BCUT2D eigenvalue weighted by molar-refractivity contribution is -0.141. The van der Waals surface area contributed by atoms with Gasteiger partial charge >= 0.3 is 6.18 Å². The minimum Gasteiger partial charge on any atom is -0.326 e. The van der Waals surface area contributed by atoms with Crippen LogP contribution in [0.15, 0.2) is 30.3 Å². The van der Waals surface area contributed by atoms with Gasteiger partial charge in [0.2, 0.25) is 5.91 Å². The largest absolute Gasteiger partial charge is 0.433 e. The van der Waals surface area contributed by atoms with Crippen LogP contribution < -0.4 is 5.32 Å². The number of benzene rings is 1. The van der Waals surface area contributed by atoms with E-state index >= 15 is 0 Å². The molecule has 1 amide bonds. The Labute approximate surface area is 159 Å². The molecule has 0 aliphatic carbocycles. The molecule has 2 aromatic heterocycles. The maximum Gasteiger partial charge on any atom is 0.433 e. The molecule has 3 heterocycles. The quantitative estimate of drug-likeness (QED) is 0.696. The summed E-state index contributed by atoms with van der Waals surface area (Å²) in [7, 11) is 0. The van der Waals surface area contributed by atoms with Crippen molar-refractivity contribution in [3.8, 4) is 5.69 Å². The fourth-order valence-corrected chi connectivity index (χ4v) is 3.67. The normalized spacial score (nSPS) is 14.0. The first-order chi connectivity index (χ1) is 13.3. The minimum absolute atomic E-state index is 0.0801. The number of imidazole rings is 1. The second-order valence-electron chi connectivity index (χ2n) is 6.92. The summed E-state index contributed by atoms with van der Waals surface area (Å²) in [5.74, 6) is 0.668. The summed E-state index contributed by atoms with van der Waals surface area (Å²) in [4.78, 5) is 20.2. The number of rotatable bonds is 4. The molecule has 0 radical (unpaired) electrons. The second kappa shape index (κ2) is 6.61. The zero-order valence-electron chi connectivity index (χ0n) is 15.5.